The van der Waals surface area contributed by atoms with Gasteiger partial charge in [0.25, 0.3) is 0 Å². The highest BCUT2D eigenvalue weighted by atomic mass is 19.4. The van der Waals surface area contributed by atoms with E-state index in [1.54, 1.807) is 0 Å². The Morgan fingerprint density at radius 1 is 0.690 bits per heavy atom. The van der Waals surface area contributed by atoms with E-state index in [9.17, 15) is 70.7 Å². The molecule has 18 heteroatoms. The summed E-state index contributed by atoms with van der Waals surface area (Å²) < 4.78 is 195. The lowest BCUT2D eigenvalue weighted by atomic mass is 10.0. The van der Waals surface area contributed by atoms with E-state index in [1.165, 1.54) is 0 Å². The van der Waals surface area contributed by atoms with Crippen molar-refractivity contribution in [3.63, 3.8) is 0 Å². The summed E-state index contributed by atoms with van der Waals surface area (Å²) >= 11 is 0. The molecular formula is C11H5F15O3. The second-order valence-corrected chi connectivity index (χ2v) is 4.88. The van der Waals surface area contributed by atoms with E-state index in [0.29, 0.717) is 0 Å². The fourth-order valence-corrected chi connectivity index (χ4v) is 1.22. The van der Waals surface area contributed by atoms with Crippen LogP contribution in [0.15, 0.2) is 12.7 Å². The molecule has 0 amide bonds. The molecule has 0 bridgehead atoms. The molecule has 0 aliphatic heterocycles. The van der Waals surface area contributed by atoms with E-state index in [0.717, 1.165) is 0 Å². The Balaban J connectivity index is 6.22. The number of rotatable bonds is 8. The highest BCUT2D eigenvalue weighted by molar-refractivity contribution is 5.81. The molecule has 0 spiro atoms. The zero-order valence-electron chi connectivity index (χ0n) is 12.9. The number of hydrogen-bond acceptors (Lipinski definition) is 3. The van der Waals surface area contributed by atoms with Gasteiger partial charge in [-0.05, 0) is 0 Å². The number of esters is 1. The Bertz CT molecular complexity index is 620. The Morgan fingerprint density at radius 3 is 1.41 bits per heavy atom. The molecule has 0 unspecified atom stereocenters. The van der Waals surface area contributed by atoms with E-state index in [4.69, 9.17) is 0 Å². The minimum atomic E-state index is -8.13. The molecule has 0 aliphatic carbocycles. The van der Waals surface area contributed by atoms with Gasteiger partial charge < -0.3 is 4.74 Å². The molecule has 3 nitrogen and oxygen atoms in total. The van der Waals surface area contributed by atoms with Crippen molar-refractivity contribution >= 4 is 5.97 Å². The molecule has 0 saturated carbocycles. The van der Waals surface area contributed by atoms with Crippen LogP contribution in [0.5, 0.6) is 0 Å². The quantitative estimate of drug-likeness (QED) is 0.284. The monoisotopic (exact) mass is 470 g/mol. The van der Waals surface area contributed by atoms with E-state index in [2.05, 4.69) is 11.3 Å². The first kappa shape index (κ1) is 27.1. The van der Waals surface area contributed by atoms with Crippen molar-refractivity contribution < 1.29 is 80.1 Å². The molecule has 0 N–H and O–H groups in total. The molecule has 0 fully saturated rings. The molecule has 0 saturated heterocycles. The predicted octanol–water partition coefficient (Wildman–Crippen LogP) is 5.02. The van der Waals surface area contributed by atoms with Gasteiger partial charge in [-0.3, -0.25) is 4.74 Å². The molecule has 29 heavy (non-hydrogen) atoms. The average Bonchev–Trinajstić information content (AvgIpc) is 2.49. The summed E-state index contributed by atoms with van der Waals surface area (Å²) in [7, 11) is 0. The Hall–Kier alpha value is -1.88. The van der Waals surface area contributed by atoms with Gasteiger partial charge in [0.05, 0.1) is 0 Å². The van der Waals surface area contributed by atoms with E-state index >= 15 is 0 Å². The van der Waals surface area contributed by atoms with Crippen molar-refractivity contribution in [1.29, 1.82) is 0 Å². The van der Waals surface area contributed by atoms with Crippen LogP contribution in [-0.2, 0) is 14.3 Å². The molecule has 1 atom stereocenters. The topological polar surface area (TPSA) is 35.5 Å². The van der Waals surface area contributed by atoms with Crippen LogP contribution in [0.4, 0.5) is 65.9 Å². The van der Waals surface area contributed by atoms with Gasteiger partial charge in [0.2, 0.25) is 0 Å². The molecule has 172 valence electrons. The Kier molecular flexibility index (Phi) is 6.94. The smallest absolute Gasteiger partial charge is 0.456 e. The lowest BCUT2D eigenvalue weighted by molar-refractivity contribution is -0.497. The zero-order valence-corrected chi connectivity index (χ0v) is 12.9. The van der Waals surface area contributed by atoms with Gasteiger partial charge in [-0.1, -0.05) is 6.58 Å². The molecule has 0 aromatic heterocycles. The van der Waals surface area contributed by atoms with Crippen molar-refractivity contribution in [2.24, 2.45) is 0 Å². The Labute approximate surface area is 149 Å². The predicted molar refractivity (Wildman–Crippen MR) is 58.0 cm³/mol. The molecule has 0 heterocycles. The van der Waals surface area contributed by atoms with Crippen molar-refractivity contribution in [2.45, 2.75) is 42.1 Å². The van der Waals surface area contributed by atoms with Crippen molar-refractivity contribution in [2.75, 3.05) is 6.61 Å². The highest BCUT2D eigenvalue weighted by Gasteiger charge is 2.89. The minimum Gasteiger partial charge on any atom is -0.456 e. The maximum absolute atomic E-state index is 13.6. The van der Waals surface area contributed by atoms with Gasteiger partial charge in [-0.15, -0.1) is 0 Å². The minimum absolute atomic E-state index is 0.0123. The highest BCUT2D eigenvalue weighted by Crippen LogP contribution is 2.58. The van der Waals surface area contributed by atoms with Gasteiger partial charge in [-0.25, -0.2) is 4.79 Å². The summed E-state index contributed by atoms with van der Waals surface area (Å²) in [5, 5.41) is 0. The largest absolute Gasteiger partial charge is 0.460 e. The standard InChI is InChI=1S/C11H5F15O3/c1-2-4(27)28-3-5(12,9(19,20)21)29-11(25,26)8(17,18)6(13,14)7(15,16)10(22,23)24/h2H,1,3H2/t5-/m0/s1. The maximum Gasteiger partial charge on any atom is 0.460 e. The summed E-state index contributed by atoms with van der Waals surface area (Å²) in [6.07, 6.45) is -22.1. The second kappa shape index (κ2) is 7.42. The lowest BCUT2D eigenvalue weighted by Crippen LogP contribution is -2.68. The van der Waals surface area contributed by atoms with Crippen LogP contribution in [0.1, 0.15) is 0 Å². The van der Waals surface area contributed by atoms with Crippen LogP contribution in [0, 0.1) is 0 Å². The summed E-state index contributed by atoms with van der Waals surface area (Å²) in [5.74, 6) is -32.4. The van der Waals surface area contributed by atoms with Crippen LogP contribution >= 0.6 is 0 Å². The van der Waals surface area contributed by atoms with Crippen LogP contribution in [0.2, 0.25) is 0 Å². The number of halogens is 15. The number of carbonyl (C=O) groups is 1. The molecule has 0 aromatic carbocycles. The number of ether oxygens (including phenoxy) is 2. The third-order valence-corrected chi connectivity index (χ3v) is 2.79. The van der Waals surface area contributed by atoms with Gasteiger partial charge in [0, 0.05) is 6.08 Å². The van der Waals surface area contributed by atoms with Crippen LogP contribution in [0.25, 0.3) is 0 Å². The summed E-state index contributed by atoms with van der Waals surface area (Å²) in [5.41, 5.74) is 0. The summed E-state index contributed by atoms with van der Waals surface area (Å²) in [4.78, 5) is 10.5. The fourth-order valence-electron chi connectivity index (χ4n) is 1.22. The number of hydrogen-bond donors (Lipinski definition) is 0. The van der Waals surface area contributed by atoms with Gasteiger partial charge in [0.1, 0.15) is 0 Å². The maximum atomic E-state index is 13.6. The van der Waals surface area contributed by atoms with Crippen LogP contribution in [0.3, 0.4) is 0 Å². The lowest BCUT2D eigenvalue weighted by Gasteiger charge is -2.39. The fraction of sp³-hybridized carbons (Fsp3) is 0.727. The van der Waals surface area contributed by atoms with E-state index in [-0.39, 0.29) is 6.08 Å². The van der Waals surface area contributed by atoms with Gasteiger partial charge in [0.15, 0.2) is 6.61 Å². The number of carbonyl (C=O) groups excluding carboxylic acids is 1. The van der Waals surface area contributed by atoms with Crippen molar-refractivity contribution in [1.82, 2.24) is 0 Å². The molecule has 0 aliphatic rings. The van der Waals surface area contributed by atoms with Gasteiger partial charge >= 0.3 is 48.1 Å². The van der Waals surface area contributed by atoms with Crippen LogP contribution < -0.4 is 0 Å². The molecule has 0 radical (unpaired) electrons. The summed E-state index contributed by atoms with van der Waals surface area (Å²) in [6, 6.07) is 0. The number of alkyl halides is 15. The normalized spacial score (nSPS) is 16.9. The first-order chi connectivity index (χ1) is 12.4. The first-order valence-corrected chi connectivity index (χ1v) is 6.24. The van der Waals surface area contributed by atoms with Gasteiger partial charge in [-0.2, -0.15) is 65.9 Å². The zero-order chi connectivity index (χ0) is 23.9. The van der Waals surface area contributed by atoms with E-state index < -0.39 is 54.7 Å². The SMILES string of the molecule is C=CC(=O)OC[C@](F)(OC(F)(F)C(F)(F)C(F)(F)C(F)(F)C(F)(F)F)C(F)(F)F. The third-order valence-electron chi connectivity index (χ3n) is 2.79. The molecule has 0 rings (SSSR count). The average molecular weight is 470 g/mol. The molecular weight excluding hydrogens is 465 g/mol. The third kappa shape index (κ3) is 4.66. The Morgan fingerprint density at radius 2 is 1.10 bits per heavy atom. The van der Waals surface area contributed by atoms with Crippen LogP contribution in [-0.4, -0.2) is 54.7 Å². The first-order valence-electron chi connectivity index (χ1n) is 6.24. The van der Waals surface area contributed by atoms with Crippen molar-refractivity contribution in [3.8, 4) is 0 Å². The van der Waals surface area contributed by atoms with E-state index in [1.807, 2.05) is 4.74 Å². The molecule has 0 aromatic rings. The second-order valence-electron chi connectivity index (χ2n) is 4.88. The van der Waals surface area contributed by atoms with Crippen molar-refractivity contribution in [3.05, 3.63) is 12.7 Å². The summed E-state index contributed by atoms with van der Waals surface area (Å²) in [6.45, 7) is -0.532.